The SMILES string of the molecule is CCNC(=NCC(C)N1CCN(C)CC1)N(C)Cc1cccc(F)c1.I. The number of hydrogen-bond acceptors (Lipinski definition) is 3. The highest BCUT2D eigenvalue weighted by Crippen LogP contribution is 2.08. The Bertz CT molecular complexity index is 561. The molecule has 0 saturated carbocycles. The molecule has 1 atom stereocenters. The van der Waals surface area contributed by atoms with Crippen LogP contribution in [-0.2, 0) is 6.54 Å². The number of benzene rings is 1. The van der Waals surface area contributed by atoms with E-state index in [2.05, 4.69) is 40.9 Å². The zero-order valence-corrected chi connectivity index (χ0v) is 18.7. The van der Waals surface area contributed by atoms with Crippen molar-refractivity contribution in [3.8, 4) is 0 Å². The highest BCUT2D eigenvalue weighted by molar-refractivity contribution is 14.0. The minimum atomic E-state index is -0.198. The molecular formula is C19H33FIN5. The lowest BCUT2D eigenvalue weighted by Crippen LogP contribution is -2.49. The van der Waals surface area contributed by atoms with E-state index in [1.807, 2.05) is 13.1 Å². The summed E-state index contributed by atoms with van der Waals surface area (Å²) >= 11 is 0. The molecule has 0 aliphatic carbocycles. The number of hydrogen-bond donors (Lipinski definition) is 1. The zero-order valence-electron chi connectivity index (χ0n) is 16.4. The van der Waals surface area contributed by atoms with Crippen molar-refractivity contribution in [2.24, 2.45) is 4.99 Å². The Morgan fingerprint density at radius 1 is 1.31 bits per heavy atom. The lowest BCUT2D eigenvalue weighted by Gasteiger charge is -2.36. The molecule has 26 heavy (non-hydrogen) atoms. The Morgan fingerprint density at radius 2 is 2.00 bits per heavy atom. The second-order valence-corrected chi connectivity index (χ2v) is 6.87. The summed E-state index contributed by atoms with van der Waals surface area (Å²) in [6, 6.07) is 7.16. The molecule has 0 amide bonds. The van der Waals surface area contributed by atoms with E-state index in [1.54, 1.807) is 12.1 Å². The number of likely N-dealkylation sites (N-methyl/N-ethyl adjacent to an activating group) is 1. The van der Waals surface area contributed by atoms with Crippen LogP contribution in [0.5, 0.6) is 0 Å². The number of nitrogens with one attached hydrogen (secondary N) is 1. The average molecular weight is 477 g/mol. The lowest BCUT2D eigenvalue weighted by atomic mass is 10.2. The molecule has 1 aliphatic heterocycles. The van der Waals surface area contributed by atoms with Crippen LogP contribution in [0.25, 0.3) is 0 Å². The van der Waals surface area contributed by atoms with Crippen molar-refractivity contribution in [1.82, 2.24) is 20.0 Å². The van der Waals surface area contributed by atoms with E-state index in [-0.39, 0.29) is 29.8 Å². The summed E-state index contributed by atoms with van der Waals surface area (Å²) in [4.78, 5) is 11.7. The average Bonchev–Trinajstić information content (AvgIpc) is 2.59. The largest absolute Gasteiger partial charge is 0.357 e. The van der Waals surface area contributed by atoms with Crippen molar-refractivity contribution in [1.29, 1.82) is 0 Å². The summed E-state index contributed by atoms with van der Waals surface area (Å²) in [5, 5.41) is 3.34. The fraction of sp³-hybridized carbons (Fsp3) is 0.632. The van der Waals surface area contributed by atoms with E-state index in [4.69, 9.17) is 4.99 Å². The zero-order chi connectivity index (χ0) is 18.2. The summed E-state index contributed by atoms with van der Waals surface area (Å²) in [7, 11) is 4.16. The Hall–Kier alpha value is -0.930. The Labute approximate surface area is 174 Å². The van der Waals surface area contributed by atoms with Gasteiger partial charge in [-0.1, -0.05) is 12.1 Å². The molecule has 1 heterocycles. The molecule has 1 aromatic carbocycles. The van der Waals surface area contributed by atoms with Crippen LogP contribution in [0.3, 0.4) is 0 Å². The van der Waals surface area contributed by atoms with Crippen LogP contribution in [0, 0.1) is 5.82 Å². The first-order valence-corrected chi connectivity index (χ1v) is 9.16. The first-order chi connectivity index (χ1) is 12.0. The van der Waals surface area contributed by atoms with Crippen LogP contribution in [0.2, 0.25) is 0 Å². The number of halogens is 2. The van der Waals surface area contributed by atoms with Crippen LogP contribution in [-0.4, -0.2) is 80.1 Å². The Balaban J connectivity index is 0.00000338. The minimum absolute atomic E-state index is 0. The second-order valence-electron chi connectivity index (χ2n) is 6.87. The van der Waals surface area contributed by atoms with Gasteiger partial charge in [-0.05, 0) is 38.6 Å². The van der Waals surface area contributed by atoms with Gasteiger partial charge in [0, 0.05) is 52.4 Å². The molecule has 1 fully saturated rings. The van der Waals surface area contributed by atoms with Gasteiger partial charge in [-0.3, -0.25) is 9.89 Å². The number of rotatable bonds is 6. The molecule has 0 bridgehead atoms. The maximum atomic E-state index is 13.4. The van der Waals surface area contributed by atoms with Crippen molar-refractivity contribution in [3.63, 3.8) is 0 Å². The number of piperazine rings is 1. The van der Waals surface area contributed by atoms with Crippen molar-refractivity contribution in [2.75, 3.05) is 53.4 Å². The van der Waals surface area contributed by atoms with Gasteiger partial charge >= 0.3 is 0 Å². The summed E-state index contributed by atoms with van der Waals surface area (Å²) in [6.45, 7) is 11.0. The molecule has 148 valence electrons. The number of aliphatic imine (C=N–C) groups is 1. The van der Waals surface area contributed by atoms with Gasteiger partial charge in [-0.2, -0.15) is 0 Å². The van der Waals surface area contributed by atoms with Crippen LogP contribution in [0.4, 0.5) is 4.39 Å². The third-order valence-electron chi connectivity index (χ3n) is 4.67. The molecule has 0 spiro atoms. The Kier molecular flexibility index (Phi) is 10.4. The summed E-state index contributed by atoms with van der Waals surface area (Å²) in [6.07, 6.45) is 0. The fourth-order valence-electron chi connectivity index (χ4n) is 3.05. The molecule has 1 aromatic rings. The fourth-order valence-corrected chi connectivity index (χ4v) is 3.05. The van der Waals surface area contributed by atoms with Crippen molar-refractivity contribution < 1.29 is 4.39 Å². The summed E-state index contributed by atoms with van der Waals surface area (Å²) in [5.41, 5.74) is 0.945. The smallest absolute Gasteiger partial charge is 0.194 e. The van der Waals surface area contributed by atoms with E-state index in [1.165, 1.54) is 6.07 Å². The summed E-state index contributed by atoms with van der Waals surface area (Å²) in [5.74, 6) is 0.671. The molecule has 0 aromatic heterocycles. The van der Waals surface area contributed by atoms with Gasteiger partial charge < -0.3 is 15.1 Å². The molecular weight excluding hydrogens is 444 g/mol. The molecule has 1 unspecified atom stereocenters. The van der Waals surface area contributed by atoms with Gasteiger partial charge in [0.15, 0.2) is 5.96 Å². The lowest BCUT2D eigenvalue weighted by molar-refractivity contribution is 0.122. The molecule has 5 nitrogen and oxygen atoms in total. The highest BCUT2D eigenvalue weighted by Gasteiger charge is 2.19. The van der Waals surface area contributed by atoms with Crippen molar-refractivity contribution in [2.45, 2.75) is 26.4 Å². The molecule has 1 N–H and O–H groups in total. The maximum absolute atomic E-state index is 13.4. The predicted molar refractivity (Wildman–Crippen MR) is 118 cm³/mol. The second kappa shape index (κ2) is 11.7. The van der Waals surface area contributed by atoms with Gasteiger partial charge in [0.25, 0.3) is 0 Å². The topological polar surface area (TPSA) is 34.1 Å². The van der Waals surface area contributed by atoms with Gasteiger partial charge in [0.2, 0.25) is 0 Å². The van der Waals surface area contributed by atoms with Crippen molar-refractivity contribution >= 4 is 29.9 Å². The van der Waals surface area contributed by atoms with Gasteiger partial charge in [-0.15, -0.1) is 24.0 Å². The molecule has 1 aliphatic rings. The van der Waals surface area contributed by atoms with Gasteiger partial charge in [0.1, 0.15) is 5.82 Å². The number of guanidine groups is 1. The van der Waals surface area contributed by atoms with Crippen LogP contribution in [0.15, 0.2) is 29.3 Å². The normalized spacial score (nSPS) is 17.5. The van der Waals surface area contributed by atoms with Crippen LogP contribution >= 0.6 is 24.0 Å². The standard InChI is InChI=1S/C19H32FN5.HI/c1-5-21-19(24(4)15-17-7-6-8-18(20)13-17)22-14-16(2)25-11-9-23(3)10-12-25;/h6-8,13,16H,5,9-12,14-15H2,1-4H3,(H,21,22);1H. The van der Waals surface area contributed by atoms with E-state index < -0.39 is 0 Å². The van der Waals surface area contributed by atoms with Gasteiger partial charge in [0.05, 0.1) is 6.54 Å². The van der Waals surface area contributed by atoms with Crippen LogP contribution in [0.1, 0.15) is 19.4 Å². The van der Waals surface area contributed by atoms with E-state index in [0.29, 0.717) is 12.6 Å². The van der Waals surface area contributed by atoms with E-state index >= 15 is 0 Å². The molecule has 0 radical (unpaired) electrons. The first kappa shape index (κ1) is 23.1. The van der Waals surface area contributed by atoms with Gasteiger partial charge in [-0.25, -0.2) is 4.39 Å². The summed E-state index contributed by atoms with van der Waals surface area (Å²) < 4.78 is 13.4. The molecule has 7 heteroatoms. The minimum Gasteiger partial charge on any atom is -0.357 e. The molecule has 2 rings (SSSR count). The Morgan fingerprint density at radius 3 is 2.62 bits per heavy atom. The third kappa shape index (κ3) is 7.36. The highest BCUT2D eigenvalue weighted by atomic mass is 127. The first-order valence-electron chi connectivity index (χ1n) is 9.16. The monoisotopic (exact) mass is 477 g/mol. The third-order valence-corrected chi connectivity index (χ3v) is 4.67. The predicted octanol–water partition coefficient (Wildman–Crippen LogP) is 2.48. The molecule has 1 saturated heterocycles. The van der Waals surface area contributed by atoms with E-state index in [9.17, 15) is 4.39 Å². The number of nitrogens with zero attached hydrogens (tertiary/aromatic N) is 4. The van der Waals surface area contributed by atoms with E-state index in [0.717, 1.165) is 50.8 Å². The maximum Gasteiger partial charge on any atom is 0.194 e. The van der Waals surface area contributed by atoms with Crippen molar-refractivity contribution in [3.05, 3.63) is 35.6 Å². The van der Waals surface area contributed by atoms with Crippen LogP contribution < -0.4 is 5.32 Å². The quantitative estimate of drug-likeness (QED) is 0.388.